The van der Waals surface area contributed by atoms with Crippen LogP contribution in [-0.2, 0) is 4.79 Å². The van der Waals surface area contributed by atoms with Crippen LogP contribution in [0.25, 0.3) is 5.82 Å². The molecular formula is C10H12N6O. The van der Waals surface area contributed by atoms with Crippen LogP contribution in [0.15, 0.2) is 25.0 Å². The molecule has 0 bridgehead atoms. The maximum absolute atomic E-state index is 11.5. The topological polar surface area (TPSA) is 85.6 Å². The van der Waals surface area contributed by atoms with E-state index in [0.29, 0.717) is 11.6 Å². The molecule has 0 unspecified atom stereocenters. The van der Waals surface area contributed by atoms with Crippen LogP contribution in [0, 0.1) is 5.92 Å². The van der Waals surface area contributed by atoms with Gasteiger partial charge in [-0.1, -0.05) is 13.8 Å². The van der Waals surface area contributed by atoms with Crippen molar-refractivity contribution < 1.29 is 4.79 Å². The standard InChI is InChI=1S/C10H12N6O/c1-7(2)10(17)15-8-3-9(13-5-12-8)16-6-11-4-14-16/h3-7H,1-2H3,(H,12,13,15,17). The lowest BCUT2D eigenvalue weighted by atomic mass is 10.2. The van der Waals surface area contributed by atoms with Gasteiger partial charge in [-0.05, 0) is 0 Å². The predicted octanol–water partition coefficient (Wildman–Crippen LogP) is 0.652. The largest absolute Gasteiger partial charge is 0.310 e. The molecule has 0 saturated heterocycles. The van der Waals surface area contributed by atoms with Crippen LogP contribution in [-0.4, -0.2) is 30.6 Å². The van der Waals surface area contributed by atoms with Crippen LogP contribution < -0.4 is 5.32 Å². The molecule has 7 heteroatoms. The summed E-state index contributed by atoms with van der Waals surface area (Å²) in [6.07, 6.45) is 4.30. The average Bonchev–Trinajstić information content (AvgIpc) is 2.82. The first-order chi connectivity index (χ1) is 8.16. The zero-order valence-corrected chi connectivity index (χ0v) is 9.53. The molecule has 0 aromatic carbocycles. The van der Waals surface area contributed by atoms with E-state index >= 15 is 0 Å². The molecule has 2 heterocycles. The van der Waals surface area contributed by atoms with Gasteiger partial charge in [0.1, 0.15) is 24.8 Å². The SMILES string of the molecule is CC(C)C(=O)Nc1cc(-n2cncn2)ncn1. The van der Waals surface area contributed by atoms with E-state index in [9.17, 15) is 4.79 Å². The van der Waals surface area contributed by atoms with Gasteiger partial charge in [-0.2, -0.15) is 5.10 Å². The van der Waals surface area contributed by atoms with Gasteiger partial charge in [-0.3, -0.25) is 4.79 Å². The van der Waals surface area contributed by atoms with Gasteiger partial charge >= 0.3 is 0 Å². The van der Waals surface area contributed by atoms with Crippen molar-refractivity contribution in [3.05, 3.63) is 25.0 Å². The molecule has 1 amide bonds. The van der Waals surface area contributed by atoms with Crippen molar-refractivity contribution in [2.24, 2.45) is 5.92 Å². The van der Waals surface area contributed by atoms with Gasteiger partial charge in [0.05, 0.1) is 0 Å². The highest BCUT2D eigenvalue weighted by Crippen LogP contribution is 2.08. The zero-order chi connectivity index (χ0) is 12.3. The highest BCUT2D eigenvalue weighted by Gasteiger charge is 2.09. The van der Waals surface area contributed by atoms with Gasteiger partial charge in [0, 0.05) is 12.0 Å². The van der Waals surface area contributed by atoms with Gasteiger partial charge in [-0.25, -0.2) is 19.6 Å². The third-order valence-electron chi connectivity index (χ3n) is 2.08. The van der Waals surface area contributed by atoms with E-state index in [2.05, 4.69) is 25.4 Å². The zero-order valence-electron chi connectivity index (χ0n) is 9.53. The second-order valence-corrected chi connectivity index (χ2v) is 3.75. The number of rotatable bonds is 3. The van der Waals surface area contributed by atoms with Gasteiger partial charge in [0.25, 0.3) is 0 Å². The maximum atomic E-state index is 11.5. The average molecular weight is 232 g/mol. The molecule has 0 spiro atoms. The summed E-state index contributed by atoms with van der Waals surface area (Å²) in [6, 6.07) is 1.63. The van der Waals surface area contributed by atoms with Crippen LogP contribution in [0.3, 0.4) is 0 Å². The van der Waals surface area contributed by atoms with E-state index in [4.69, 9.17) is 0 Å². The fourth-order valence-electron chi connectivity index (χ4n) is 1.14. The Hall–Kier alpha value is -2.31. The van der Waals surface area contributed by atoms with E-state index in [-0.39, 0.29) is 11.8 Å². The molecule has 0 aliphatic rings. The Morgan fingerprint density at radius 3 is 2.82 bits per heavy atom. The number of amides is 1. The Balaban J connectivity index is 2.20. The Morgan fingerprint density at radius 2 is 2.18 bits per heavy atom. The highest BCUT2D eigenvalue weighted by atomic mass is 16.1. The van der Waals surface area contributed by atoms with E-state index < -0.39 is 0 Å². The molecule has 0 saturated carbocycles. The smallest absolute Gasteiger partial charge is 0.228 e. The summed E-state index contributed by atoms with van der Waals surface area (Å²) < 4.78 is 1.49. The number of carbonyl (C=O) groups excluding carboxylic acids is 1. The van der Waals surface area contributed by atoms with Crippen molar-refractivity contribution in [3.63, 3.8) is 0 Å². The number of anilines is 1. The summed E-state index contributed by atoms with van der Waals surface area (Å²) in [5.41, 5.74) is 0. The number of carbonyl (C=O) groups is 1. The second kappa shape index (κ2) is 4.69. The minimum atomic E-state index is -0.0974. The van der Waals surface area contributed by atoms with Gasteiger partial charge in [-0.15, -0.1) is 0 Å². The first-order valence-corrected chi connectivity index (χ1v) is 5.14. The summed E-state index contributed by atoms with van der Waals surface area (Å²) in [5.74, 6) is 0.814. The van der Waals surface area contributed by atoms with Crippen molar-refractivity contribution >= 4 is 11.7 Å². The molecule has 2 aromatic heterocycles. The number of aromatic nitrogens is 5. The minimum Gasteiger partial charge on any atom is -0.310 e. The molecule has 0 fully saturated rings. The highest BCUT2D eigenvalue weighted by molar-refractivity contribution is 5.91. The van der Waals surface area contributed by atoms with Crippen LogP contribution in [0.1, 0.15) is 13.8 Å². The second-order valence-electron chi connectivity index (χ2n) is 3.75. The maximum Gasteiger partial charge on any atom is 0.228 e. The molecule has 7 nitrogen and oxygen atoms in total. The quantitative estimate of drug-likeness (QED) is 0.839. The van der Waals surface area contributed by atoms with Crippen molar-refractivity contribution in [1.29, 1.82) is 0 Å². The van der Waals surface area contributed by atoms with E-state index in [1.165, 1.54) is 23.7 Å². The third-order valence-corrected chi connectivity index (χ3v) is 2.08. The number of nitrogens with one attached hydrogen (secondary N) is 1. The predicted molar refractivity (Wildman–Crippen MR) is 60.4 cm³/mol. The molecule has 2 aromatic rings. The molecule has 0 radical (unpaired) electrons. The van der Waals surface area contributed by atoms with Gasteiger partial charge in [0.2, 0.25) is 5.91 Å². The first-order valence-electron chi connectivity index (χ1n) is 5.14. The number of hydrogen-bond acceptors (Lipinski definition) is 5. The summed E-state index contributed by atoms with van der Waals surface area (Å²) in [6.45, 7) is 3.63. The Bertz CT molecular complexity index is 507. The monoisotopic (exact) mass is 232 g/mol. The Kier molecular flexibility index (Phi) is 3.08. The van der Waals surface area contributed by atoms with Crippen LogP contribution in [0.2, 0.25) is 0 Å². The summed E-state index contributed by atoms with van der Waals surface area (Å²) in [7, 11) is 0. The van der Waals surface area contributed by atoms with Gasteiger partial charge in [0.15, 0.2) is 5.82 Å². The molecule has 1 N–H and O–H groups in total. The Morgan fingerprint density at radius 1 is 1.35 bits per heavy atom. The van der Waals surface area contributed by atoms with E-state index in [0.717, 1.165) is 0 Å². The van der Waals surface area contributed by atoms with Crippen LogP contribution in [0.4, 0.5) is 5.82 Å². The third kappa shape index (κ3) is 2.63. The molecule has 2 rings (SSSR count). The molecule has 0 aliphatic heterocycles. The first kappa shape index (κ1) is 11.2. The van der Waals surface area contributed by atoms with Crippen molar-refractivity contribution in [1.82, 2.24) is 24.7 Å². The molecule has 0 aliphatic carbocycles. The number of hydrogen-bond donors (Lipinski definition) is 1. The normalized spacial score (nSPS) is 10.5. The van der Waals surface area contributed by atoms with Crippen molar-refractivity contribution in [2.75, 3.05) is 5.32 Å². The summed E-state index contributed by atoms with van der Waals surface area (Å²) in [5, 5.41) is 6.64. The number of nitrogens with zero attached hydrogens (tertiary/aromatic N) is 5. The summed E-state index contributed by atoms with van der Waals surface area (Å²) >= 11 is 0. The van der Waals surface area contributed by atoms with E-state index in [1.54, 1.807) is 6.07 Å². The minimum absolute atomic E-state index is 0.0896. The van der Waals surface area contributed by atoms with Crippen LogP contribution >= 0.6 is 0 Å². The fourth-order valence-corrected chi connectivity index (χ4v) is 1.14. The van der Waals surface area contributed by atoms with Crippen LogP contribution in [0.5, 0.6) is 0 Å². The lowest BCUT2D eigenvalue weighted by molar-refractivity contribution is -0.118. The van der Waals surface area contributed by atoms with Crippen molar-refractivity contribution in [2.45, 2.75) is 13.8 Å². The van der Waals surface area contributed by atoms with E-state index in [1.807, 2.05) is 13.8 Å². The molecule has 88 valence electrons. The Labute approximate surface area is 97.9 Å². The lowest BCUT2D eigenvalue weighted by Crippen LogP contribution is -2.18. The lowest BCUT2D eigenvalue weighted by Gasteiger charge is -2.07. The summed E-state index contributed by atoms with van der Waals surface area (Å²) in [4.78, 5) is 23.3. The fraction of sp³-hybridized carbons (Fsp3) is 0.300. The molecule has 0 atom stereocenters. The van der Waals surface area contributed by atoms with Crippen molar-refractivity contribution in [3.8, 4) is 5.82 Å². The van der Waals surface area contributed by atoms with Gasteiger partial charge < -0.3 is 5.32 Å². The molecule has 17 heavy (non-hydrogen) atoms. The molecular weight excluding hydrogens is 220 g/mol.